The molecular weight excluding hydrogens is 280 g/mol. The molecule has 1 aromatic rings. The largest absolute Gasteiger partial charge is 0.369 e. The number of aromatic nitrogens is 2. The van der Waals surface area contributed by atoms with Gasteiger partial charge in [-0.25, -0.2) is 9.97 Å². The number of likely N-dealkylation sites (N-methyl/N-ethyl adjacent to an activating group) is 1. The van der Waals surface area contributed by atoms with Crippen molar-refractivity contribution in [3.63, 3.8) is 0 Å². The Balaban J connectivity index is 2.81. The molecule has 96 valence electrons. The van der Waals surface area contributed by atoms with Crippen molar-refractivity contribution < 1.29 is 0 Å². The number of nitrogens with zero attached hydrogens (tertiary/aromatic N) is 3. The second-order valence-electron chi connectivity index (χ2n) is 4.37. The van der Waals surface area contributed by atoms with Gasteiger partial charge in [0.1, 0.15) is 11.6 Å². The van der Waals surface area contributed by atoms with Crippen LogP contribution < -0.4 is 5.32 Å². The number of nitrogens with one attached hydrogen (secondary N) is 1. The van der Waals surface area contributed by atoms with Crippen molar-refractivity contribution in [3.8, 4) is 0 Å². The van der Waals surface area contributed by atoms with Crippen LogP contribution in [-0.4, -0.2) is 42.1 Å². The summed E-state index contributed by atoms with van der Waals surface area (Å²) in [7, 11) is 4.11. The van der Waals surface area contributed by atoms with E-state index in [-0.39, 0.29) is 0 Å². The van der Waals surface area contributed by atoms with E-state index in [1.54, 1.807) is 0 Å². The highest BCUT2D eigenvalue weighted by Crippen LogP contribution is 2.23. The SMILES string of the molecule is CCCNc1nc(CCN(C)C)nc(C)c1Br. The molecule has 0 unspecified atom stereocenters. The molecule has 0 amide bonds. The van der Waals surface area contributed by atoms with Crippen molar-refractivity contribution >= 4 is 21.7 Å². The number of aryl methyl sites for hydroxylation is 1. The first kappa shape index (κ1) is 14.4. The van der Waals surface area contributed by atoms with Crippen LogP contribution in [0.15, 0.2) is 4.47 Å². The van der Waals surface area contributed by atoms with Crippen LogP contribution in [-0.2, 0) is 6.42 Å². The molecule has 1 rings (SSSR count). The van der Waals surface area contributed by atoms with E-state index in [1.165, 1.54) is 0 Å². The maximum atomic E-state index is 4.55. The third kappa shape index (κ3) is 4.60. The zero-order valence-corrected chi connectivity index (χ0v) is 12.6. The van der Waals surface area contributed by atoms with Gasteiger partial charge < -0.3 is 10.2 Å². The summed E-state index contributed by atoms with van der Waals surface area (Å²) >= 11 is 3.53. The predicted molar refractivity (Wildman–Crippen MR) is 75.5 cm³/mol. The second-order valence-corrected chi connectivity index (χ2v) is 5.16. The van der Waals surface area contributed by atoms with Gasteiger partial charge in [0.2, 0.25) is 0 Å². The standard InChI is InChI=1S/C12H21BrN4/c1-5-7-14-12-11(13)9(2)15-10(16-12)6-8-17(3)4/h5-8H2,1-4H3,(H,14,15,16). The van der Waals surface area contributed by atoms with E-state index >= 15 is 0 Å². The summed E-state index contributed by atoms with van der Waals surface area (Å²) in [6.45, 7) is 6.04. The Labute approximate surface area is 112 Å². The molecule has 1 aromatic heterocycles. The molecule has 0 aliphatic rings. The zero-order valence-electron chi connectivity index (χ0n) is 11.0. The first-order valence-electron chi connectivity index (χ1n) is 5.96. The van der Waals surface area contributed by atoms with Crippen LogP contribution in [0.1, 0.15) is 24.9 Å². The van der Waals surface area contributed by atoms with Crippen molar-refractivity contribution in [1.29, 1.82) is 0 Å². The van der Waals surface area contributed by atoms with Gasteiger partial charge in [0, 0.05) is 19.5 Å². The van der Waals surface area contributed by atoms with Crippen molar-refractivity contribution in [2.45, 2.75) is 26.7 Å². The molecular formula is C12H21BrN4. The fourth-order valence-corrected chi connectivity index (χ4v) is 1.73. The van der Waals surface area contributed by atoms with E-state index in [4.69, 9.17) is 0 Å². The Morgan fingerprint density at radius 1 is 1.29 bits per heavy atom. The molecule has 0 bridgehead atoms. The smallest absolute Gasteiger partial charge is 0.144 e. The van der Waals surface area contributed by atoms with Gasteiger partial charge in [-0.2, -0.15) is 0 Å². The molecule has 1 heterocycles. The highest BCUT2D eigenvalue weighted by Gasteiger charge is 2.08. The van der Waals surface area contributed by atoms with Crippen molar-refractivity contribution in [2.75, 3.05) is 32.5 Å². The van der Waals surface area contributed by atoms with Crippen LogP contribution in [0.2, 0.25) is 0 Å². The van der Waals surface area contributed by atoms with E-state index < -0.39 is 0 Å². The van der Waals surface area contributed by atoms with Gasteiger partial charge in [0.25, 0.3) is 0 Å². The lowest BCUT2D eigenvalue weighted by molar-refractivity contribution is 0.409. The van der Waals surface area contributed by atoms with Crippen LogP contribution in [0.3, 0.4) is 0 Å². The molecule has 1 N–H and O–H groups in total. The van der Waals surface area contributed by atoms with Gasteiger partial charge in [-0.3, -0.25) is 0 Å². The Morgan fingerprint density at radius 2 is 2.00 bits per heavy atom. The van der Waals surface area contributed by atoms with Crippen LogP contribution in [0.5, 0.6) is 0 Å². The normalized spacial score (nSPS) is 10.9. The Hall–Kier alpha value is -0.680. The lowest BCUT2D eigenvalue weighted by Crippen LogP contribution is -2.17. The average Bonchev–Trinajstić information content (AvgIpc) is 2.28. The fourth-order valence-electron chi connectivity index (χ4n) is 1.41. The summed E-state index contributed by atoms with van der Waals surface area (Å²) in [5.74, 6) is 1.81. The molecule has 0 radical (unpaired) electrons. The number of halogens is 1. The van der Waals surface area contributed by atoms with Gasteiger partial charge >= 0.3 is 0 Å². The minimum Gasteiger partial charge on any atom is -0.369 e. The molecule has 0 aromatic carbocycles. The lowest BCUT2D eigenvalue weighted by atomic mass is 10.3. The lowest BCUT2D eigenvalue weighted by Gasteiger charge is -2.12. The van der Waals surface area contributed by atoms with Gasteiger partial charge in [0.15, 0.2) is 0 Å². The number of hydrogen-bond acceptors (Lipinski definition) is 4. The van der Waals surface area contributed by atoms with E-state index in [9.17, 15) is 0 Å². The van der Waals surface area contributed by atoms with Gasteiger partial charge in [-0.1, -0.05) is 6.92 Å². The van der Waals surface area contributed by atoms with E-state index in [0.29, 0.717) is 0 Å². The summed E-state index contributed by atoms with van der Waals surface area (Å²) in [6, 6.07) is 0. The van der Waals surface area contributed by atoms with Gasteiger partial charge in [-0.15, -0.1) is 0 Å². The van der Waals surface area contributed by atoms with Crippen LogP contribution >= 0.6 is 15.9 Å². The number of hydrogen-bond donors (Lipinski definition) is 1. The summed E-state index contributed by atoms with van der Waals surface area (Å²) in [5.41, 5.74) is 0.993. The first-order valence-corrected chi connectivity index (χ1v) is 6.75. The maximum Gasteiger partial charge on any atom is 0.144 e. The molecule has 0 saturated heterocycles. The van der Waals surface area contributed by atoms with Crippen molar-refractivity contribution in [2.24, 2.45) is 0 Å². The zero-order chi connectivity index (χ0) is 12.8. The monoisotopic (exact) mass is 300 g/mol. The molecule has 0 aliphatic heterocycles. The Kier molecular flexibility index (Phi) is 5.85. The molecule has 5 heteroatoms. The average molecular weight is 301 g/mol. The quantitative estimate of drug-likeness (QED) is 0.876. The molecule has 4 nitrogen and oxygen atoms in total. The second kappa shape index (κ2) is 6.91. The predicted octanol–water partition coefficient (Wildman–Crippen LogP) is 2.47. The Morgan fingerprint density at radius 3 is 2.59 bits per heavy atom. The van der Waals surface area contributed by atoms with Crippen LogP contribution in [0.4, 0.5) is 5.82 Å². The molecule has 0 fully saturated rings. The van der Waals surface area contributed by atoms with Crippen LogP contribution in [0.25, 0.3) is 0 Å². The molecule has 17 heavy (non-hydrogen) atoms. The summed E-state index contributed by atoms with van der Waals surface area (Å²) in [5, 5.41) is 3.32. The third-order valence-electron chi connectivity index (χ3n) is 2.39. The molecule has 0 aliphatic carbocycles. The molecule has 0 saturated carbocycles. The van der Waals surface area contributed by atoms with E-state index in [1.807, 2.05) is 6.92 Å². The number of anilines is 1. The van der Waals surface area contributed by atoms with Crippen LogP contribution in [0, 0.1) is 6.92 Å². The summed E-state index contributed by atoms with van der Waals surface area (Å²) < 4.78 is 0.972. The van der Waals surface area contributed by atoms with E-state index in [0.717, 1.165) is 47.7 Å². The molecule has 0 spiro atoms. The fraction of sp³-hybridized carbons (Fsp3) is 0.667. The first-order chi connectivity index (χ1) is 8.04. The summed E-state index contributed by atoms with van der Waals surface area (Å²) in [6.07, 6.45) is 1.96. The highest BCUT2D eigenvalue weighted by molar-refractivity contribution is 9.10. The summed E-state index contributed by atoms with van der Waals surface area (Å²) in [4.78, 5) is 11.2. The van der Waals surface area contributed by atoms with Gasteiger partial charge in [-0.05, 0) is 43.4 Å². The minimum atomic E-state index is 0.877. The van der Waals surface area contributed by atoms with Gasteiger partial charge in [0.05, 0.1) is 10.2 Å². The van der Waals surface area contributed by atoms with Crippen molar-refractivity contribution in [1.82, 2.24) is 14.9 Å². The maximum absolute atomic E-state index is 4.55. The molecule has 0 atom stereocenters. The topological polar surface area (TPSA) is 41.1 Å². The highest BCUT2D eigenvalue weighted by atomic mass is 79.9. The van der Waals surface area contributed by atoms with E-state index in [2.05, 4.69) is 57.1 Å². The Bertz CT molecular complexity index is 366. The number of rotatable bonds is 6. The van der Waals surface area contributed by atoms with Crippen molar-refractivity contribution in [3.05, 3.63) is 16.0 Å². The minimum absolute atomic E-state index is 0.877. The third-order valence-corrected chi connectivity index (χ3v) is 3.34.